The van der Waals surface area contributed by atoms with Crippen LogP contribution in [0.4, 0.5) is 5.69 Å². The molecule has 1 aromatic carbocycles. The van der Waals surface area contributed by atoms with Gasteiger partial charge in [0.05, 0.1) is 24.1 Å². The highest BCUT2D eigenvalue weighted by molar-refractivity contribution is 7.91. The minimum Gasteiger partial charge on any atom is -0.378 e. The Kier molecular flexibility index (Phi) is 7.18. The quantitative estimate of drug-likeness (QED) is 0.639. The minimum atomic E-state index is -3.73. The van der Waals surface area contributed by atoms with Crippen LogP contribution >= 0.6 is 22.9 Å². The maximum absolute atomic E-state index is 12.5. The van der Waals surface area contributed by atoms with Crippen LogP contribution in [0.5, 0.6) is 0 Å². The Hall–Kier alpha value is -1.65. The van der Waals surface area contributed by atoms with Crippen molar-refractivity contribution in [2.75, 3.05) is 51.8 Å². The van der Waals surface area contributed by atoms with Gasteiger partial charge in [-0.15, -0.1) is 11.3 Å². The lowest BCUT2D eigenvalue weighted by Gasteiger charge is -2.29. The molecule has 1 aliphatic rings. The van der Waals surface area contributed by atoms with Crippen molar-refractivity contribution in [3.05, 3.63) is 46.3 Å². The van der Waals surface area contributed by atoms with Crippen molar-refractivity contribution >= 4 is 44.6 Å². The number of thiophene rings is 1. The summed E-state index contributed by atoms with van der Waals surface area (Å²) in [5.41, 5.74) is 2.11. The van der Waals surface area contributed by atoms with Crippen LogP contribution in [0.3, 0.4) is 0 Å². The molecule has 2 heterocycles. The zero-order valence-electron chi connectivity index (χ0n) is 16.4. The van der Waals surface area contributed by atoms with Crippen LogP contribution in [0.25, 0.3) is 0 Å². The SMILES string of the molecule is CN(Cc1ccc(N2CCOCC2)cc1)C(=O)CN(C)S(=O)(=O)c1ccc(Cl)s1. The Labute approximate surface area is 180 Å². The first kappa shape index (κ1) is 22.0. The number of ether oxygens (including phenoxy) is 1. The molecule has 158 valence electrons. The summed E-state index contributed by atoms with van der Waals surface area (Å²) < 4.78 is 32.0. The van der Waals surface area contributed by atoms with Crippen molar-refractivity contribution in [3.63, 3.8) is 0 Å². The molecule has 0 radical (unpaired) electrons. The van der Waals surface area contributed by atoms with E-state index in [4.69, 9.17) is 16.3 Å². The first-order valence-corrected chi connectivity index (χ1v) is 11.8. The van der Waals surface area contributed by atoms with Crippen LogP contribution in [0.2, 0.25) is 4.34 Å². The number of carbonyl (C=O) groups excluding carboxylic acids is 1. The number of carbonyl (C=O) groups is 1. The molecular formula is C19H24ClN3O4S2. The van der Waals surface area contributed by atoms with Gasteiger partial charge in [-0.05, 0) is 29.8 Å². The van der Waals surface area contributed by atoms with E-state index in [9.17, 15) is 13.2 Å². The predicted octanol–water partition coefficient (Wildman–Crippen LogP) is 2.52. The summed E-state index contributed by atoms with van der Waals surface area (Å²) in [5, 5.41) is 0. The summed E-state index contributed by atoms with van der Waals surface area (Å²) in [7, 11) is -0.671. The van der Waals surface area contributed by atoms with Crippen LogP contribution in [-0.4, -0.2) is 70.5 Å². The summed E-state index contributed by atoms with van der Waals surface area (Å²) >= 11 is 6.80. The second kappa shape index (κ2) is 9.44. The van der Waals surface area contributed by atoms with Gasteiger partial charge in [-0.3, -0.25) is 4.79 Å². The highest BCUT2D eigenvalue weighted by Crippen LogP contribution is 2.27. The van der Waals surface area contributed by atoms with Crippen LogP contribution in [-0.2, 0) is 26.1 Å². The maximum Gasteiger partial charge on any atom is 0.252 e. The van der Waals surface area contributed by atoms with E-state index in [0.717, 1.165) is 53.2 Å². The van der Waals surface area contributed by atoms with Gasteiger partial charge in [0.1, 0.15) is 4.21 Å². The lowest BCUT2D eigenvalue weighted by Crippen LogP contribution is -2.38. The summed E-state index contributed by atoms with van der Waals surface area (Å²) in [6.45, 7) is 3.36. The molecule has 29 heavy (non-hydrogen) atoms. The Morgan fingerprint density at radius 2 is 1.79 bits per heavy atom. The molecule has 0 bridgehead atoms. The van der Waals surface area contributed by atoms with E-state index in [1.165, 1.54) is 24.1 Å². The van der Waals surface area contributed by atoms with Gasteiger partial charge in [0.25, 0.3) is 10.0 Å². The second-order valence-corrected chi connectivity index (χ2v) is 10.8. The third-order valence-electron chi connectivity index (χ3n) is 4.73. The minimum absolute atomic E-state index is 0.124. The van der Waals surface area contributed by atoms with E-state index >= 15 is 0 Å². The van der Waals surface area contributed by atoms with Crippen molar-refractivity contribution in [1.29, 1.82) is 0 Å². The molecule has 10 heteroatoms. The molecular weight excluding hydrogens is 434 g/mol. The van der Waals surface area contributed by atoms with Gasteiger partial charge in [0.15, 0.2) is 0 Å². The molecule has 0 saturated carbocycles. The molecule has 1 fully saturated rings. The van der Waals surface area contributed by atoms with Crippen molar-refractivity contribution in [2.24, 2.45) is 0 Å². The van der Waals surface area contributed by atoms with Crippen LogP contribution in [0.1, 0.15) is 5.56 Å². The zero-order chi connectivity index (χ0) is 21.0. The van der Waals surface area contributed by atoms with Crippen LogP contribution in [0, 0.1) is 0 Å². The van der Waals surface area contributed by atoms with Crippen LogP contribution < -0.4 is 4.90 Å². The van der Waals surface area contributed by atoms with E-state index in [-0.39, 0.29) is 16.7 Å². The van der Waals surface area contributed by atoms with Gasteiger partial charge in [0, 0.05) is 39.4 Å². The molecule has 0 spiro atoms. The summed E-state index contributed by atoms with van der Waals surface area (Å²) in [6.07, 6.45) is 0. The van der Waals surface area contributed by atoms with Crippen molar-refractivity contribution in [1.82, 2.24) is 9.21 Å². The number of morpholine rings is 1. The summed E-state index contributed by atoms with van der Waals surface area (Å²) in [4.78, 5) is 16.3. The molecule has 1 saturated heterocycles. The van der Waals surface area contributed by atoms with Gasteiger partial charge < -0.3 is 14.5 Å². The van der Waals surface area contributed by atoms with E-state index in [0.29, 0.717) is 10.9 Å². The number of hydrogen-bond acceptors (Lipinski definition) is 6. The Balaban J connectivity index is 1.57. The van der Waals surface area contributed by atoms with E-state index in [1.807, 2.05) is 24.3 Å². The third kappa shape index (κ3) is 5.49. The summed E-state index contributed by atoms with van der Waals surface area (Å²) in [6, 6.07) is 11.0. The lowest BCUT2D eigenvalue weighted by molar-refractivity contribution is -0.130. The molecule has 1 aromatic heterocycles. The average molecular weight is 458 g/mol. The number of sulfonamides is 1. The number of rotatable bonds is 7. The van der Waals surface area contributed by atoms with Crippen molar-refractivity contribution in [2.45, 2.75) is 10.8 Å². The number of anilines is 1. The number of nitrogens with zero attached hydrogens (tertiary/aromatic N) is 3. The molecule has 1 aliphatic heterocycles. The fourth-order valence-corrected chi connectivity index (χ4v) is 5.80. The number of hydrogen-bond donors (Lipinski definition) is 0. The fourth-order valence-electron chi connectivity index (χ4n) is 2.98. The summed E-state index contributed by atoms with van der Waals surface area (Å²) in [5.74, 6) is -0.281. The molecule has 7 nitrogen and oxygen atoms in total. The number of likely N-dealkylation sites (N-methyl/N-ethyl adjacent to an activating group) is 2. The first-order valence-electron chi connectivity index (χ1n) is 9.14. The number of amides is 1. The van der Waals surface area contributed by atoms with Gasteiger partial charge in [-0.1, -0.05) is 23.7 Å². The molecule has 3 rings (SSSR count). The zero-order valence-corrected chi connectivity index (χ0v) is 18.8. The largest absolute Gasteiger partial charge is 0.378 e. The van der Waals surface area contributed by atoms with E-state index < -0.39 is 10.0 Å². The van der Waals surface area contributed by atoms with Crippen LogP contribution in [0.15, 0.2) is 40.6 Å². The topological polar surface area (TPSA) is 70.2 Å². The Morgan fingerprint density at radius 1 is 1.14 bits per heavy atom. The average Bonchev–Trinajstić information content (AvgIpc) is 3.16. The van der Waals surface area contributed by atoms with Crippen molar-refractivity contribution in [3.8, 4) is 0 Å². The molecule has 0 aliphatic carbocycles. The molecule has 0 unspecified atom stereocenters. The maximum atomic E-state index is 12.5. The van der Waals surface area contributed by atoms with Gasteiger partial charge in [-0.25, -0.2) is 8.42 Å². The predicted molar refractivity (Wildman–Crippen MR) is 115 cm³/mol. The smallest absolute Gasteiger partial charge is 0.252 e. The highest BCUT2D eigenvalue weighted by atomic mass is 35.5. The van der Waals surface area contributed by atoms with E-state index in [2.05, 4.69) is 4.90 Å². The van der Waals surface area contributed by atoms with Crippen molar-refractivity contribution < 1.29 is 17.9 Å². The third-order valence-corrected chi connectivity index (χ3v) is 8.23. The standard InChI is InChI=1S/C19H24ClN3O4S2/c1-21(13-15-3-5-16(6-4-15)23-9-11-27-12-10-23)18(24)14-22(2)29(25,26)19-8-7-17(20)28-19/h3-8H,9-14H2,1-2H3. The normalized spacial score (nSPS) is 15.0. The lowest BCUT2D eigenvalue weighted by atomic mass is 10.1. The first-order chi connectivity index (χ1) is 13.8. The monoisotopic (exact) mass is 457 g/mol. The fraction of sp³-hybridized carbons (Fsp3) is 0.421. The van der Waals surface area contributed by atoms with Gasteiger partial charge in [0.2, 0.25) is 5.91 Å². The second-order valence-electron chi connectivity index (χ2n) is 6.84. The Bertz CT molecular complexity index is 941. The van der Waals surface area contributed by atoms with E-state index in [1.54, 1.807) is 7.05 Å². The van der Waals surface area contributed by atoms with Gasteiger partial charge >= 0.3 is 0 Å². The van der Waals surface area contributed by atoms with Gasteiger partial charge in [-0.2, -0.15) is 4.31 Å². The molecule has 0 atom stereocenters. The Morgan fingerprint density at radius 3 is 2.38 bits per heavy atom. The molecule has 1 amide bonds. The highest BCUT2D eigenvalue weighted by Gasteiger charge is 2.25. The number of halogens is 1. The number of benzene rings is 1. The molecule has 2 aromatic rings. The molecule has 0 N–H and O–H groups in total.